The highest BCUT2D eigenvalue weighted by atomic mass is 32.1. The van der Waals surface area contributed by atoms with Crippen LogP contribution in [0, 0.1) is 5.92 Å². The zero-order valence-electron chi connectivity index (χ0n) is 10.7. The zero-order chi connectivity index (χ0) is 12.9. The molecule has 2 N–H and O–H groups in total. The fourth-order valence-corrected chi connectivity index (χ4v) is 2.52. The van der Waals surface area contributed by atoms with Gasteiger partial charge in [-0.05, 0) is 42.2 Å². The smallest absolute Gasteiger partial charge is 0.223 e. The van der Waals surface area contributed by atoms with Gasteiger partial charge in [0, 0.05) is 5.92 Å². The van der Waals surface area contributed by atoms with E-state index in [1.807, 2.05) is 30.7 Å². The predicted octanol–water partition coefficient (Wildman–Crippen LogP) is 2.51. The van der Waals surface area contributed by atoms with Crippen LogP contribution in [0.1, 0.15) is 39.2 Å². The van der Waals surface area contributed by atoms with Gasteiger partial charge < -0.3 is 10.4 Å². The zero-order valence-corrected chi connectivity index (χ0v) is 11.5. The van der Waals surface area contributed by atoms with Crippen molar-refractivity contribution in [3.8, 4) is 0 Å². The first-order chi connectivity index (χ1) is 8.01. The molecule has 0 spiro atoms. The summed E-state index contributed by atoms with van der Waals surface area (Å²) in [4.78, 5) is 11.8. The molecule has 0 saturated carbocycles. The largest absolute Gasteiger partial charge is 0.384 e. The van der Waals surface area contributed by atoms with Crippen LogP contribution in [0.4, 0.5) is 0 Å². The number of nitrogens with one attached hydrogen (secondary N) is 1. The molecule has 1 amide bonds. The Bertz CT molecular complexity index is 342. The number of aliphatic hydroxyl groups is 1. The van der Waals surface area contributed by atoms with Crippen LogP contribution in [0.2, 0.25) is 0 Å². The third-order valence-corrected chi connectivity index (χ3v) is 3.79. The second-order valence-electron chi connectivity index (χ2n) is 4.52. The molecule has 0 aromatic carbocycles. The Morgan fingerprint density at radius 2 is 2.18 bits per heavy atom. The van der Waals surface area contributed by atoms with Crippen molar-refractivity contribution in [2.45, 2.75) is 39.2 Å². The van der Waals surface area contributed by atoms with Crippen LogP contribution in [-0.2, 0) is 10.4 Å². The first-order valence-corrected chi connectivity index (χ1v) is 6.98. The van der Waals surface area contributed by atoms with Gasteiger partial charge in [-0.1, -0.05) is 13.8 Å². The van der Waals surface area contributed by atoms with Gasteiger partial charge in [-0.3, -0.25) is 4.79 Å². The molecule has 0 unspecified atom stereocenters. The molecule has 1 rings (SSSR count). The SMILES string of the molecule is CCC(CC)C(=O)NC[C@@](C)(O)c1ccsc1. The highest BCUT2D eigenvalue weighted by Crippen LogP contribution is 2.22. The molecule has 0 saturated heterocycles. The lowest BCUT2D eigenvalue weighted by molar-refractivity contribution is -0.126. The topological polar surface area (TPSA) is 49.3 Å². The van der Waals surface area contributed by atoms with Crippen molar-refractivity contribution in [2.75, 3.05) is 6.54 Å². The lowest BCUT2D eigenvalue weighted by Gasteiger charge is -2.24. The van der Waals surface area contributed by atoms with Crippen molar-refractivity contribution in [3.63, 3.8) is 0 Å². The van der Waals surface area contributed by atoms with Crippen molar-refractivity contribution in [1.29, 1.82) is 0 Å². The standard InChI is InChI=1S/C13H21NO2S/c1-4-10(5-2)12(15)14-9-13(3,16)11-6-7-17-8-11/h6-8,10,16H,4-5,9H2,1-3H3,(H,14,15)/t13-/m1/s1. The molecule has 17 heavy (non-hydrogen) atoms. The Kier molecular flexibility index (Phi) is 5.15. The van der Waals surface area contributed by atoms with Crippen LogP contribution in [0.25, 0.3) is 0 Å². The Hall–Kier alpha value is -0.870. The first kappa shape index (κ1) is 14.2. The molecule has 0 aliphatic carbocycles. The van der Waals surface area contributed by atoms with E-state index in [0.29, 0.717) is 0 Å². The molecule has 3 nitrogen and oxygen atoms in total. The van der Waals surface area contributed by atoms with Gasteiger partial charge in [0.2, 0.25) is 5.91 Å². The summed E-state index contributed by atoms with van der Waals surface area (Å²) in [5, 5.41) is 16.9. The molecule has 0 aliphatic heterocycles. The summed E-state index contributed by atoms with van der Waals surface area (Å²) in [6.45, 7) is 6.00. The highest BCUT2D eigenvalue weighted by Gasteiger charge is 2.25. The van der Waals surface area contributed by atoms with Gasteiger partial charge in [0.25, 0.3) is 0 Å². The molecule has 96 valence electrons. The molecule has 0 fully saturated rings. The van der Waals surface area contributed by atoms with E-state index in [9.17, 15) is 9.90 Å². The van der Waals surface area contributed by atoms with Crippen molar-refractivity contribution in [2.24, 2.45) is 5.92 Å². The summed E-state index contributed by atoms with van der Waals surface area (Å²) in [5.74, 6) is 0.0822. The lowest BCUT2D eigenvalue weighted by atomic mass is 9.98. The van der Waals surface area contributed by atoms with E-state index in [2.05, 4.69) is 5.32 Å². The van der Waals surface area contributed by atoms with Crippen molar-refractivity contribution in [3.05, 3.63) is 22.4 Å². The van der Waals surface area contributed by atoms with Crippen LogP contribution in [-0.4, -0.2) is 17.6 Å². The number of hydrogen-bond acceptors (Lipinski definition) is 3. The Labute approximate surface area is 107 Å². The molecule has 1 aromatic rings. The first-order valence-electron chi connectivity index (χ1n) is 6.04. The van der Waals surface area contributed by atoms with Crippen molar-refractivity contribution >= 4 is 17.2 Å². The molecule has 0 bridgehead atoms. The van der Waals surface area contributed by atoms with Gasteiger partial charge in [-0.2, -0.15) is 11.3 Å². The minimum atomic E-state index is -0.984. The van der Waals surface area contributed by atoms with E-state index >= 15 is 0 Å². The van der Waals surface area contributed by atoms with Gasteiger partial charge in [0.15, 0.2) is 0 Å². The van der Waals surface area contributed by atoms with E-state index in [1.54, 1.807) is 18.3 Å². The van der Waals surface area contributed by atoms with Gasteiger partial charge in [-0.25, -0.2) is 0 Å². The van der Waals surface area contributed by atoms with E-state index in [4.69, 9.17) is 0 Å². The van der Waals surface area contributed by atoms with Gasteiger partial charge >= 0.3 is 0 Å². The van der Waals surface area contributed by atoms with Crippen LogP contribution < -0.4 is 5.32 Å². The number of carbonyl (C=O) groups is 1. The average molecular weight is 255 g/mol. The Morgan fingerprint density at radius 1 is 1.53 bits per heavy atom. The molecule has 1 atom stereocenters. The summed E-state index contributed by atoms with van der Waals surface area (Å²) in [5.41, 5.74) is -0.130. The number of rotatable bonds is 6. The molecule has 4 heteroatoms. The average Bonchev–Trinajstić information content (AvgIpc) is 2.82. The van der Waals surface area contributed by atoms with E-state index in [0.717, 1.165) is 18.4 Å². The lowest BCUT2D eigenvalue weighted by Crippen LogP contribution is -2.40. The Morgan fingerprint density at radius 3 is 2.65 bits per heavy atom. The predicted molar refractivity (Wildman–Crippen MR) is 71.0 cm³/mol. The quantitative estimate of drug-likeness (QED) is 0.820. The van der Waals surface area contributed by atoms with Crippen LogP contribution in [0.3, 0.4) is 0 Å². The van der Waals surface area contributed by atoms with Crippen LogP contribution in [0.5, 0.6) is 0 Å². The minimum Gasteiger partial charge on any atom is -0.384 e. The van der Waals surface area contributed by atoms with E-state index in [1.165, 1.54) is 0 Å². The second-order valence-corrected chi connectivity index (χ2v) is 5.30. The molecular formula is C13H21NO2S. The normalized spacial score (nSPS) is 14.6. The van der Waals surface area contributed by atoms with E-state index < -0.39 is 5.60 Å². The summed E-state index contributed by atoms with van der Waals surface area (Å²) < 4.78 is 0. The number of thiophene rings is 1. The van der Waals surface area contributed by atoms with Gasteiger partial charge in [0.1, 0.15) is 5.60 Å². The number of hydrogen-bond donors (Lipinski definition) is 2. The highest BCUT2D eigenvalue weighted by molar-refractivity contribution is 7.08. The fourth-order valence-electron chi connectivity index (χ4n) is 1.74. The molecule has 1 heterocycles. The van der Waals surface area contributed by atoms with Gasteiger partial charge in [-0.15, -0.1) is 0 Å². The summed E-state index contributed by atoms with van der Waals surface area (Å²) in [7, 11) is 0. The maximum absolute atomic E-state index is 11.8. The number of amides is 1. The molecular weight excluding hydrogens is 234 g/mol. The maximum Gasteiger partial charge on any atom is 0.223 e. The maximum atomic E-state index is 11.8. The fraction of sp³-hybridized carbons (Fsp3) is 0.615. The van der Waals surface area contributed by atoms with Crippen molar-refractivity contribution in [1.82, 2.24) is 5.32 Å². The van der Waals surface area contributed by atoms with Gasteiger partial charge in [0.05, 0.1) is 6.54 Å². The summed E-state index contributed by atoms with van der Waals surface area (Å²) >= 11 is 1.54. The minimum absolute atomic E-state index is 0.0329. The second kappa shape index (κ2) is 6.17. The third kappa shape index (κ3) is 3.82. The Balaban J connectivity index is 2.53. The summed E-state index contributed by atoms with van der Waals surface area (Å²) in [6, 6.07) is 1.88. The molecule has 0 aliphatic rings. The van der Waals surface area contributed by atoms with Crippen LogP contribution >= 0.6 is 11.3 Å². The molecule has 0 radical (unpaired) electrons. The monoisotopic (exact) mass is 255 g/mol. The van der Waals surface area contributed by atoms with Crippen molar-refractivity contribution < 1.29 is 9.90 Å². The number of carbonyl (C=O) groups excluding carboxylic acids is 1. The third-order valence-electron chi connectivity index (χ3n) is 3.11. The van der Waals surface area contributed by atoms with Crippen LogP contribution in [0.15, 0.2) is 16.8 Å². The molecule has 1 aromatic heterocycles. The van der Waals surface area contributed by atoms with E-state index in [-0.39, 0.29) is 18.4 Å². The summed E-state index contributed by atoms with van der Waals surface area (Å²) in [6.07, 6.45) is 1.67.